The first kappa shape index (κ1) is 11.6. The lowest BCUT2D eigenvalue weighted by Crippen LogP contribution is -2.19. The zero-order chi connectivity index (χ0) is 13.0. The van der Waals surface area contributed by atoms with Crippen LogP contribution in [0.25, 0.3) is 0 Å². The predicted molar refractivity (Wildman–Crippen MR) is 62.5 cm³/mol. The van der Waals surface area contributed by atoms with Crippen LogP contribution in [0.3, 0.4) is 0 Å². The molecule has 1 aromatic carbocycles. The van der Waals surface area contributed by atoms with Crippen molar-refractivity contribution in [1.29, 1.82) is 0 Å². The van der Waals surface area contributed by atoms with E-state index in [1.165, 1.54) is 36.6 Å². The van der Waals surface area contributed by atoms with Crippen LogP contribution in [0.5, 0.6) is 0 Å². The molecule has 7 nitrogen and oxygen atoms in total. The summed E-state index contributed by atoms with van der Waals surface area (Å²) in [5.74, 6) is -0.733. The lowest BCUT2D eigenvalue weighted by Gasteiger charge is -2.05. The van der Waals surface area contributed by atoms with Crippen LogP contribution in [0.4, 0.5) is 16.3 Å². The van der Waals surface area contributed by atoms with E-state index in [2.05, 4.69) is 20.3 Å². The fourth-order valence-corrected chi connectivity index (χ4v) is 1.25. The van der Waals surface area contributed by atoms with Gasteiger partial charge in [-0.2, -0.15) is 0 Å². The molecule has 0 fully saturated rings. The van der Waals surface area contributed by atoms with Crippen molar-refractivity contribution in [3.05, 3.63) is 42.2 Å². The fourth-order valence-electron chi connectivity index (χ4n) is 1.25. The second-order valence-corrected chi connectivity index (χ2v) is 3.35. The molecule has 2 rings (SSSR count). The molecule has 0 aliphatic rings. The maximum absolute atomic E-state index is 11.5. The van der Waals surface area contributed by atoms with Crippen LogP contribution in [0, 0.1) is 0 Å². The average Bonchev–Trinajstić information content (AvgIpc) is 2.82. The average molecular weight is 247 g/mol. The van der Waals surface area contributed by atoms with Gasteiger partial charge in [0.25, 0.3) is 0 Å². The van der Waals surface area contributed by atoms with Gasteiger partial charge in [0.2, 0.25) is 0 Å². The van der Waals surface area contributed by atoms with Gasteiger partial charge in [0, 0.05) is 11.8 Å². The number of carboxylic acids is 1. The highest BCUT2D eigenvalue weighted by atomic mass is 16.5. The highest BCUT2D eigenvalue weighted by Crippen LogP contribution is 2.10. The van der Waals surface area contributed by atoms with Crippen molar-refractivity contribution in [3.63, 3.8) is 0 Å². The molecule has 7 heteroatoms. The van der Waals surface area contributed by atoms with Gasteiger partial charge in [0.1, 0.15) is 6.26 Å². The molecule has 0 radical (unpaired) electrons. The third-order valence-corrected chi connectivity index (χ3v) is 2.07. The molecular weight excluding hydrogens is 238 g/mol. The molecule has 2 amide bonds. The van der Waals surface area contributed by atoms with E-state index >= 15 is 0 Å². The van der Waals surface area contributed by atoms with Crippen molar-refractivity contribution >= 4 is 23.5 Å². The fraction of sp³-hybridized carbons (Fsp3) is 0. The number of aromatic carboxylic acids is 1. The molecule has 0 aliphatic heterocycles. The van der Waals surface area contributed by atoms with Crippen LogP contribution in [0.2, 0.25) is 0 Å². The zero-order valence-electron chi connectivity index (χ0n) is 9.08. The van der Waals surface area contributed by atoms with E-state index in [-0.39, 0.29) is 11.4 Å². The van der Waals surface area contributed by atoms with Gasteiger partial charge in [0.15, 0.2) is 5.82 Å². The largest absolute Gasteiger partial charge is 0.478 e. The Kier molecular flexibility index (Phi) is 3.24. The topological polar surface area (TPSA) is 104 Å². The van der Waals surface area contributed by atoms with Crippen LogP contribution in [-0.4, -0.2) is 22.3 Å². The Morgan fingerprint density at radius 3 is 2.39 bits per heavy atom. The van der Waals surface area contributed by atoms with Crippen LogP contribution in [-0.2, 0) is 0 Å². The molecule has 0 atom stereocenters. The minimum Gasteiger partial charge on any atom is -0.478 e. The van der Waals surface area contributed by atoms with E-state index in [9.17, 15) is 9.59 Å². The summed E-state index contributed by atoms with van der Waals surface area (Å²) in [4.78, 5) is 22.1. The van der Waals surface area contributed by atoms with E-state index in [0.717, 1.165) is 0 Å². The lowest BCUT2D eigenvalue weighted by molar-refractivity contribution is 0.0697. The summed E-state index contributed by atoms with van der Waals surface area (Å²) < 4.78 is 4.55. The second kappa shape index (κ2) is 5.00. The van der Waals surface area contributed by atoms with Gasteiger partial charge in [-0.3, -0.25) is 5.32 Å². The number of hydrogen-bond donors (Lipinski definition) is 3. The minimum atomic E-state index is -1.02. The number of rotatable bonds is 3. The van der Waals surface area contributed by atoms with Gasteiger partial charge in [-0.15, -0.1) is 0 Å². The maximum atomic E-state index is 11.5. The van der Waals surface area contributed by atoms with E-state index in [1.54, 1.807) is 0 Å². The first-order valence-corrected chi connectivity index (χ1v) is 4.97. The van der Waals surface area contributed by atoms with E-state index < -0.39 is 12.0 Å². The monoisotopic (exact) mass is 247 g/mol. The van der Waals surface area contributed by atoms with Gasteiger partial charge >= 0.3 is 12.0 Å². The summed E-state index contributed by atoms with van der Waals surface area (Å²) in [6, 6.07) is 6.78. The molecule has 92 valence electrons. The quantitative estimate of drug-likeness (QED) is 0.769. The molecule has 0 unspecified atom stereocenters. The molecule has 0 saturated carbocycles. The molecule has 0 aliphatic carbocycles. The Bertz CT molecular complexity index is 548. The number of urea groups is 1. The number of carboxylic acid groups (broad SMARTS) is 1. The van der Waals surface area contributed by atoms with Gasteiger partial charge in [-0.05, 0) is 24.3 Å². The summed E-state index contributed by atoms with van der Waals surface area (Å²) in [6.45, 7) is 0. The number of anilines is 2. The number of carbonyl (C=O) groups is 2. The van der Waals surface area contributed by atoms with E-state index in [0.29, 0.717) is 5.69 Å². The number of carbonyl (C=O) groups excluding carboxylic acids is 1. The number of amides is 2. The molecule has 0 saturated heterocycles. The van der Waals surface area contributed by atoms with Crippen LogP contribution >= 0.6 is 0 Å². The second-order valence-electron chi connectivity index (χ2n) is 3.35. The van der Waals surface area contributed by atoms with E-state index in [1.807, 2.05) is 0 Å². The molecular formula is C11H9N3O4. The van der Waals surface area contributed by atoms with Crippen molar-refractivity contribution in [2.45, 2.75) is 0 Å². The third-order valence-electron chi connectivity index (χ3n) is 2.07. The standard InChI is InChI=1S/C11H9N3O4/c15-10(16)7-1-3-8(4-2-7)12-11(17)13-9-5-6-18-14-9/h1-6H,(H,15,16)(H2,12,13,14,17). The van der Waals surface area contributed by atoms with Gasteiger partial charge in [-0.25, -0.2) is 9.59 Å². The SMILES string of the molecule is O=C(Nc1ccc(C(=O)O)cc1)Nc1ccon1. The van der Waals surface area contributed by atoms with Crippen LogP contribution < -0.4 is 10.6 Å². The molecule has 0 bridgehead atoms. The maximum Gasteiger partial charge on any atom is 0.335 e. The molecule has 18 heavy (non-hydrogen) atoms. The Hall–Kier alpha value is -2.83. The molecule has 2 aromatic rings. The van der Waals surface area contributed by atoms with Crippen LogP contribution in [0.15, 0.2) is 41.1 Å². The summed E-state index contributed by atoms with van der Waals surface area (Å²) in [7, 11) is 0. The Morgan fingerprint density at radius 2 is 1.83 bits per heavy atom. The number of benzene rings is 1. The highest BCUT2D eigenvalue weighted by molar-refractivity contribution is 5.99. The van der Waals surface area contributed by atoms with Crippen molar-refractivity contribution in [2.24, 2.45) is 0 Å². The first-order valence-electron chi connectivity index (χ1n) is 4.97. The zero-order valence-corrected chi connectivity index (χ0v) is 9.08. The summed E-state index contributed by atoms with van der Waals surface area (Å²) in [5, 5.41) is 17.2. The summed E-state index contributed by atoms with van der Waals surface area (Å²) >= 11 is 0. The van der Waals surface area contributed by atoms with Gasteiger partial charge in [0.05, 0.1) is 5.56 Å². The third kappa shape index (κ3) is 2.85. The Labute approximate surface area is 101 Å². The molecule has 3 N–H and O–H groups in total. The summed E-state index contributed by atoms with van der Waals surface area (Å²) in [5.41, 5.74) is 0.624. The number of aromatic nitrogens is 1. The Morgan fingerprint density at radius 1 is 1.11 bits per heavy atom. The van der Waals surface area contributed by atoms with Crippen molar-refractivity contribution in [1.82, 2.24) is 5.16 Å². The number of hydrogen-bond acceptors (Lipinski definition) is 4. The smallest absolute Gasteiger partial charge is 0.335 e. The van der Waals surface area contributed by atoms with Gasteiger partial charge < -0.3 is 14.9 Å². The highest BCUT2D eigenvalue weighted by Gasteiger charge is 2.06. The van der Waals surface area contributed by atoms with E-state index in [4.69, 9.17) is 5.11 Å². The first-order chi connectivity index (χ1) is 8.65. The number of nitrogens with zero attached hydrogens (tertiary/aromatic N) is 1. The van der Waals surface area contributed by atoms with Crippen LogP contribution in [0.1, 0.15) is 10.4 Å². The lowest BCUT2D eigenvalue weighted by atomic mass is 10.2. The van der Waals surface area contributed by atoms with Crippen molar-refractivity contribution in [2.75, 3.05) is 10.6 Å². The molecule has 1 aromatic heterocycles. The molecule has 0 spiro atoms. The number of nitrogens with one attached hydrogen (secondary N) is 2. The van der Waals surface area contributed by atoms with Gasteiger partial charge in [-0.1, -0.05) is 5.16 Å². The Balaban J connectivity index is 1.97. The predicted octanol–water partition coefficient (Wildman–Crippen LogP) is 2.02. The summed E-state index contributed by atoms with van der Waals surface area (Å²) in [6.07, 6.45) is 1.33. The van der Waals surface area contributed by atoms with Crippen molar-refractivity contribution in [3.8, 4) is 0 Å². The minimum absolute atomic E-state index is 0.150. The molecule has 1 heterocycles. The normalized spacial score (nSPS) is 9.78. The van der Waals surface area contributed by atoms with Crippen molar-refractivity contribution < 1.29 is 19.2 Å².